The molecule has 0 saturated carbocycles. The Bertz CT molecular complexity index is 82.9. The third-order valence-corrected chi connectivity index (χ3v) is 1.11. The second kappa shape index (κ2) is 6.58. The zero-order valence-electron chi connectivity index (χ0n) is 5.99. The molecule has 0 aromatic heterocycles. The van der Waals surface area contributed by atoms with Gasteiger partial charge in [0.25, 0.3) is 0 Å². The molecule has 0 aromatic rings. The summed E-state index contributed by atoms with van der Waals surface area (Å²) in [5, 5.41) is 17.3. The van der Waals surface area contributed by atoms with Crippen LogP contribution in [0.3, 0.4) is 0 Å². The van der Waals surface area contributed by atoms with E-state index in [0.717, 1.165) is 6.42 Å². The average molecular weight is 146 g/mol. The number of hydrogen-bond donors (Lipinski definition) is 2. The molecule has 0 heterocycles. The Labute approximate surface area is 60.9 Å². The summed E-state index contributed by atoms with van der Waals surface area (Å²) < 4.78 is 4.63. The number of aliphatic hydroxyl groups excluding tert-OH is 2. The third kappa shape index (κ3) is 5.59. The number of rotatable bonds is 6. The first kappa shape index (κ1) is 9.46. The SMILES string of the molecule is C=COC(O)CCCCO. The first-order valence-electron chi connectivity index (χ1n) is 3.36. The van der Waals surface area contributed by atoms with Gasteiger partial charge in [-0.3, -0.25) is 0 Å². The summed E-state index contributed by atoms with van der Waals surface area (Å²) in [6.07, 6.45) is 2.48. The van der Waals surface area contributed by atoms with Gasteiger partial charge in [-0.05, 0) is 12.8 Å². The van der Waals surface area contributed by atoms with Crippen molar-refractivity contribution >= 4 is 0 Å². The van der Waals surface area contributed by atoms with Gasteiger partial charge in [0.1, 0.15) is 0 Å². The lowest BCUT2D eigenvalue weighted by molar-refractivity contribution is -0.0573. The molecule has 3 nitrogen and oxygen atoms in total. The van der Waals surface area contributed by atoms with Gasteiger partial charge in [0.15, 0.2) is 6.29 Å². The Balaban J connectivity index is 3.04. The van der Waals surface area contributed by atoms with E-state index in [9.17, 15) is 0 Å². The molecule has 3 heteroatoms. The Kier molecular flexibility index (Phi) is 6.22. The smallest absolute Gasteiger partial charge is 0.196 e. The van der Waals surface area contributed by atoms with Gasteiger partial charge in [-0.25, -0.2) is 0 Å². The Morgan fingerprint density at radius 3 is 2.70 bits per heavy atom. The van der Waals surface area contributed by atoms with Crippen LogP contribution in [0.1, 0.15) is 19.3 Å². The van der Waals surface area contributed by atoms with Crippen molar-refractivity contribution in [3.63, 3.8) is 0 Å². The molecule has 0 aromatic carbocycles. The normalized spacial score (nSPS) is 12.6. The lowest BCUT2D eigenvalue weighted by atomic mass is 10.2. The van der Waals surface area contributed by atoms with Crippen LogP contribution in [0.2, 0.25) is 0 Å². The van der Waals surface area contributed by atoms with Gasteiger partial charge in [-0.15, -0.1) is 0 Å². The van der Waals surface area contributed by atoms with E-state index >= 15 is 0 Å². The molecule has 1 atom stereocenters. The van der Waals surface area contributed by atoms with Crippen molar-refractivity contribution in [2.45, 2.75) is 25.6 Å². The molecule has 1 unspecified atom stereocenters. The third-order valence-electron chi connectivity index (χ3n) is 1.11. The molecule has 0 spiro atoms. The van der Waals surface area contributed by atoms with Gasteiger partial charge in [0.05, 0.1) is 6.26 Å². The largest absolute Gasteiger partial charge is 0.473 e. The summed E-state index contributed by atoms with van der Waals surface area (Å²) in [6, 6.07) is 0. The maximum atomic E-state index is 8.90. The maximum absolute atomic E-state index is 8.90. The molecule has 0 aliphatic rings. The monoisotopic (exact) mass is 146 g/mol. The number of aliphatic hydroxyl groups is 2. The van der Waals surface area contributed by atoms with Crippen LogP contribution in [-0.4, -0.2) is 23.1 Å². The van der Waals surface area contributed by atoms with Crippen molar-refractivity contribution in [3.05, 3.63) is 12.8 Å². The zero-order valence-corrected chi connectivity index (χ0v) is 5.99. The van der Waals surface area contributed by atoms with E-state index in [0.29, 0.717) is 12.8 Å². The first-order valence-corrected chi connectivity index (χ1v) is 3.36. The van der Waals surface area contributed by atoms with Crippen LogP contribution in [0.4, 0.5) is 0 Å². The van der Waals surface area contributed by atoms with Crippen LogP contribution < -0.4 is 0 Å². The molecule has 2 N–H and O–H groups in total. The molecule has 10 heavy (non-hydrogen) atoms. The summed E-state index contributed by atoms with van der Waals surface area (Å²) in [6.45, 7) is 3.46. The molecule has 0 bridgehead atoms. The van der Waals surface area contributed by atoms with Crippen LogP contribution in [0.5, 0.6) is 0 Å². The average Bonchev–Trinajstić information content (AvgIpc) is 1.89. The molecule has 0 saturated heterocycles. The van der Waals surface area contributed by atoms with E-state index in [2.05, 4.69) is 11.3 Å². The van der Waals surface area contributed by atoms with Crippen molar-refractivity contribution in [2.24, 2.45) is 0 Å². The summed E-state index contributed by atoms with van der Waals surface area (Å²) in [5.74, 6) is 0. The fraction of sp³-hybridized carbons (Fsp3) is 0.714. The fourth-order valence-corrected chi connectivity index (χ4v) is 0.610. The number of unbranched alkanes of at least 4 members (excludes halogenated alkanes) is 1. The highest BCUT2D eigenvalue weighted by Crippen LogP contribution is 2.01. The predicted molar refractivity (Wildman–Crippen MR) is 38.2 cm³/mol. The van der Waals surface area contributed by atoms with Crippen LogP contribution in [0.25, 0.3) is 0 Å². The minimum absolute atomic E-state index is 0.167. The van der Waals surface area contributed by atoms with E-state index < -0.39 is 6.29 Å². The molecular weight excluding hydrogens is 132 g/mol. The lowest BCUT2D eigenvalue weighted by Crippen LogP contribution is -2.07. The molecular formula is C7H14O3. The quantitative estimate of drug-likeness (QED) is 0.328. The van der Waals surface area contributed by atoms with E-state index in [1.54, 1.807) is 0 Å². The number of hydrogen-bond acceptors (Lipinski definition) is 3. The van der Waals surface area contributed by atoms with Crippen molar-refractivity contribution in [2.75, 3.05) is 6.61 Å². The Morgan fingerprint density at radius 1 is 1.50 bits per heavy atom. The molecule has 0 rings (SSSR count). The molecule has 0 radical (unpaired) electrons. The second-order valence-electron chi connectivity index (χ2n) is 1.98. The van der Waals surface area contributed by atoms with E-state index in [4.69, 9.17) is 10.2 Å². The van der Waals surface area contributed by atoms with E-state index in [1.807, 2.05) is 0 Å². The Hall–Kier alpha value is -0.540. The molecule has 0 aliphatic carbocycles. The van der Waals surface area contributed by atoms with Crippen LogP contribution >= 0.6 is 0 Å². The molecule has 60 valence electrons. The summed E-state index contributed by atoms with van der Waals surface area (Å²) >= 11 is 0. The van der Waals surface area contributed by atoms with Gasteiger partial charge in [0, 0.05) is 13.0 Å². The van der Waals surface area contributed by atoms with Gasteiger partial charge < -0.3 is 14.9 Å². The van der Waals surface area contributed by atoms with Crippen molar-refractivity contribution in [1.82, 2.24) is 0 Å². The van der Waals surface area contributed by atoms with Crippen LogP contribution in [-0.2, 0) is 4.74 Å². The lowest BCUT2D eigenvalue weighted by Gasteiger charge is -2.07. The molecule has 0 aliphatic heterocycles. The van der Waals surface area contributed by atoms with Crippen LogP contribution in [0.15, 0.2) is 12.8 Å². The molecule has 0 amide bonds. The highest BCUT2D eigenvalue weighted by atomic mass is 16.6. The second-order valence-corrected chi connectivity index (χ2v) is 1.98. The van der Waals surface area contributed by atoms with Crippen molar-refractivity contribution in [1.29, 1.82) is 0 Å². The Morgan fingerprint density at radius 2 is 2.20 bits per heavy atom. The highest BCUT2D eigenvalue weighted by Gasteiger charge is 1.99. The zero-order chi connectivity index (χ0) is 7.82. The van der Waals surface area contributed by atoms with Gasteiger partial charge >= 0.3 is 0 Å². The minimum Gasteiger partial charge on any atom is -0.473 e. The number of ether oxygens (including phenoxy) is 1. The summed E-state index contributed by atoms with van der Waals surface area (Å²) in [7, 11) is 0. The van der Waals surface area contributed by atoms with Crippen molar-refractivity contribution in [3.8, 4) is 0 Å². The first-order chi connectivity index (χ1) is 4.81. The fourth-order valence-electron chi connectivity index (χ4n) is 0.610. The summed E-state index contributed by atoms with van der Waals surface area (Å²) in [5.41, 5.74) is 0. The summed E-state index contributed by atoms with van der Waals surface area (Å²) in [4.78, 5) is 0. The van der Waals surface area contributed by atoms with Crippen molar-refractivity contribution < 1.29 is 14.9 Å². The van der Waals surface area contributed by atoms with E-state index in [-0.39, 0.29) is 6.61 Å². The standard InChI is InChI=1S/C7H14O3/c1-2-10-7(9)5-3-4-6-8/h2,7-9H,1,3-6H2. The van der Waals surface area contributed by atoms with Gasteiger partial charge in [-0.2, -0.15) is 0 Å². The van der Waals surface area contributed by atoms with E-state index in [1.165, 1.54) is 6.26 Å². The highest BCUT2D eigenvalue weighted by molar-refractivity contribution is 4.52. The maximum Gasteiger partial charge on any atom is 0.196 e. The van der Waals surface area contributed by atoms with Gasteiger partial charge in [0.2, 0.25) is 0 Å². The minimum atomic E-state index is -0.760. The topological polar surface area (TPSA) is 49.7 Å². The van der Waals surface area contributed by atoms with Crippen LogP contribution in [0, 0.1) is 0 Å². The molecule has 0 fully saturated rings. The predicted octanol–water partition coefficient (Wildman–Crippen LogP) is 0.627. The van der Waals surface area contributed by atoms with Gasteiger partial charge in [-0.1, -0.05) is 6.58 Å².